The molecule has 2 heterocycles. The van der Waals surface area contributed by atoms with E-state index >= 15 is 0 Å². The van der Waals surface area contributed by atoms with Gasteiger partial charge < -0.3 is 15.4 Å². The predicted molar refractivity (Wildman–Crippen MR) is 150 cm³/mol. The molecule has 1 saturated heterocycles. The normalized spacial score (nSPS) is 18.2. The lowest BCUT2D eigenvalue weighted by molar-refractivity contribution is -0.115. The second kappa shape index (κ2) is 11.6. The Hall–Kier alpha value is -3.97. The van der Waals surface area contributed by atoms with Gasteiger partial charge in [0, 0.05) is 24.0 Å². The molecule has 3 aromatic rings. The van der Waals surface area contributed by atoms with Crippen molar-refractivity contribution in [1.29, 1.82) is 0 Å². The third-order valence-corrected chi connectivity index (χ3v) is 7.32. The van der Waals surface area contributed by atoms with Crippen LogP contribution in [0.5, 0.6) is 5.75 Å². The molecule has 38 heavy (non-hydrogen) atoms. The maximum Gasteiger partial charge on any atom is 0.251 e. The lowest BCUT2D eigenvalue weighted by Gasteiger charge is -2.26. The average molecular weight is 511 g/mol. The van der Waals surface area contributed by atoms with E-state index in [0.29, 0.717) is 11.3 Å². The number of aliphatic imine (C=N–C) groups is 1. The average Bonchev–Trinajstić information content (AvgIpc) is 3.27. The highest BCUT2D eigenvalue weighted by molar-refractivity contribution is 6.13. The summed E-state index contributed by atoms with van der Waals surface area (Å²) in [4.78, 5) is 32.8. The van der Waals surface area contributed by atoms with Gasteiger partial charge in [-0.3, -0.25) is 19.5 Å². The van der Waals surface area contributed by atoms with Gasteiger partial charge in [0.15, 0.2) is 0 Å². The number of benzene rings is 3. The number of hydrogen-bond acceptors (Lipinski definition) is 5. The third-order valence-electron chi connectivity index (χ3n) is 7.32. The summed E-state index contributed by atoms with van der Waals surface area (Å²) >= 11 is 0. The van der Waals surface area contributed by atoms with E-state index in [0.717, 1.165) is 42.2 Å². The molecule has 2 atom stereocenters. The number of piperidine rings is 1. The second-order valence-corrected chi connectivity index (χ2v) is 10.0. The number of rotatable bonds is 8. The van der Waals surface area contributed by atoms with Gasteiger partial charge in [-0.05, 0) is 92.0 Å². The van der Waals surface area contributed by atoms with E-state index in [1.807, 2.05) is 43.3 Å². The van der Waals surface area contributed by atoms with E-state index in [2.05, 4.69) is 32.7 Å². The maximum absolute atomic E-state index is 13.0. The molecule has 7 nitrogen and oxygen atoms in total. The zero-order valence-corrected chi connectivity index (χ0v) is 21.9. The van der Waals surface area contributed by atoms with Crippen molar-refractivity contribution in [3.8, 4) is 5.75 Å². The van der Waals surface area contributed by atoms with Gasteiger partial charge in [-0.25, -0.2) is 0 Å². The summed E-state index contributed by atoms with van der Waals surface area (Å²) in [6.07, 6.45) is 5.55. The van der Waals surface area contributed by atoms with Crippen molar-refractivity contribution >= 4 is 29.4 Å². The van der Waals surface area contributed by atoms with Gasteiger partial charge in [0.1, 0.15) is 11.7 Å². The number of carbonyl (C=O) groups is 2. The maximum atomic E-state index is 13.0. The van der Waals surface area contributed by atoms with Crippen molar-refractivity contribution in [2.45, 2.75) is 44.7 Å². The molecule has 1 unspecified atom stereocenters. The van der Waals surface area contributed by atoms with E-state index in [4.69, 9.17) is 4.74 Å². The Morgan fingerprint density at radius 3 is 2.53 bits per heavy atom. The minimum absolute atomic E-state index is 0.144. The zero-order valence-electron chi connectivity index (χ0n) is 21.9. The molecular weight excluding hydrogens is 476 g/mol. The molecule has 0 aliphatic carbocycles. The van der Waals surface area contributed by atoms with Crippen LogP contribution in [0.1, 0.15) is 65.2 Å². The van der Waals surface area contributed by atoms with Crippen molar-refractivity contribution < 1.29 is 14.3 Å². The quantitative estimate of drug-likeness (QED) is 0.386. The van der Waals surface area contributed by atoms with Crippen LogP contribution in [0.2, 0.25) is 0 Å². The van der Waals surface area contributed by atoms with Gasteiger partial charge in [0.05, 0.1) is 18.8 Å². The van der Waals surface area contributed by atoms with Gasteiger partial charge in [-0.1, -0.05) is 30.7 Å². The SMILES string of the molecule is COc1ccc([C@@H](C)NC(=O)c2ccc3c(c2)C(C=Nc2ccc(CN4CCCCC4)cc2)C(=O)N3)cc1. The highest BCUT2D eigenvalue weighted by Gasteiger charge is 2.30. The molecule has 196 valence electrons. The van der Waals surface area contributed by atoms with E-state index in [1.165, 1.54) is 24.8 Å². The number of nitrogens with one attached hydrogen (secondary N) is 2. The molecule has 7 heteroatoms. The van der Waals surface area contributed by atoms with E-state index in [9.17, 15) is 9.59 Å². The lowest BCUT2D eigenvalue weighted by Crippen LogP contribution is -2.28. The number of likely N-dealkylation sites (tertiary alicyclic amines) is 1. The molecule has 0 bridgehead atoms. The van der Waals surface area contributed by atoms with Crippen LogP contribution >= 0.6 is 0 Å². The first-order chi connectivity index (χ1) is 18.5. The predicted octanol–water partition coefficient (Wildman–Crippen LogP) is 5.61. The summed E-state index contributed by atoms with van der Waals surface area (Å²) in [7, 11) is 1.62. The first-order valence-electron chi connectivity index (χ1n) is 13.3. The lowest BCUT2D eigenvalue weighted by atomic mass is 9.99. The summed E-state index contributed by atoms with van der Waals surface area (Å²) in [6, 6.07) is 20.9. The Kier molecular flexibility index (Phi) is 7.84. The topological polar surface area (TPSA) is 83.0 Å². The fraction of sp³-hybridized carbons (Fsp3) is 0.323. The fourth-order valence-electron chi connectivity index (χ4n) is 5.05. The molecular formula is C31H34N4O3. The summed E-state index contributed by atoms with van der Waals surface area (Å²) in [6.45, 7) is 5.22. The number of hydrogen-bond donors (Lipinski definition) is 2. The monoisotopic (exact) mass is 510 g/mol. The number of anilines is 1. The molecule has 0 spiro atoms. The first-order valence-corrected chi connectivity index (χ1v) is 13.3. The van der Waals surface area contributed by atoms with Crippen LogP contribution < -0.4 is 15.4 Å². The van der Waals surface area contributed by atoms with Crippen LogP contribution in [0.3, 0.4) is 0 Å². The van der Waals surface area contributed by atoms with Crippen molar-refractivity contribution in [1.82, 2.24) is 10.2 Å². The minimum Gasteiger partial charge on any atom is -0.497 e. The summed E-state index contributed by atoms with van der Waals surface area (Å²) < 4.78 is 5.21. The van der Waals surface area contributed by atoms with Crippen molar-refractivity contribution in [3.63, 3.8) is 0 Å². The van der Waals surface area contributed by atoms with Gasteiger partial charge in [0.2, 0.25) is 5.91 Å². The van der Waals surface area contributed by atoms with Gasteiger partial charge >= 0.3 is 0 Å². The van der Waals surface area contributed by atoms with Crippen molar-refractivity contribution in [2.75, 3.05) is 25.5 Å². The molecule has 1 fully saturated rings. The van der Waals surface area contributed by atoms with Gasteiger partial charge in [0.25, 0.3) is 5.91 Å². The van der Waals surface area contributed by atoms with E-state index < -0.39 is 5.92 Å². The van der Waals surface area contributed by atoms with Crippen LogP contribution in [0, 0.1) is 0 Å². The highest BCUT2D eigenvalue weighted by Crippen LogP contribution is 2.33. The smallest absolute Gasteiger partial charge is 0.251 e. The molecule has 2 aliphatic heterocycles. The number of ether oxygens (including phenoxy) is 1. The molecule has 2 aliphatic rings. The van der Waals surface area contributed by atoms with Crippen LogP contribution in [-0.2, 0) is 11.3 Å². The van der Waals surface area contributed by atoms with Crippen LogP contribution in [0.25, 0.3) is 0 Å². The van der Waals surface area contributed by atoms with E-state index in [-0.39, 0.29) is 17.9 Å². The van der Waals surface area contributed by atoms with E-state index in [1.54, 1.807) is 31.5 Å². The number of methoxy groups -OCH3 is 1. The molecule has 5 rings (SSSR count). The number of nitrogens with zero attached hydrogens (tertiary/aromatic N) is 2. The molecule has 0 saturated carbocycles. The highest BCUT2D eigenvalue weighted by atomic mass is 16.5. The number of amides is 2. The summed E-state index contributed by atoms with van der Waals surface area (Å²) in [5, 5.41) is 5.94. The van der Waals surface area contributed by atoms with Gasteiger partial charge in [-0.15, -0.1) is 0 Å². The molecule has 0 aromatic heterocycles. The fourth-order valence-corrected chi connectivity index (χ4v) is 5.05. The molecule has 2 amide bonds. The van der Waals surface area contributed by atoms with Crippen molar-refractivity contribution in [2.24, 2.45) is 4.99 Å². The first kappa shape index (κ1) is 25.7. The Labute approximate surface area is 223 Å². The van der Waals surface area contributed by atoms with Gasteiger partial charge in [-0.2, -0.15) is 0 Å². The second-order valence-electron chi connectivity index (χ2n) is 10.0. The van der Waals surface area contributed by atoms with Crippen molar-refractivity contribution in [3.05, 3.63) is 89.0 Å². The third kappa shape index (κ3) is 5.94. The molecule has 3 aromatic carbocycles. The van der Waals surface area contributed by atoms with Crippen LogP contribution in [0.15, 0.2) is 71.7 Å². The minimum atomic E-state index is -0.551. The standard InChI is InChI=1S/C31H34N4O3/c1-21(23-8-13-26(38-2)14-9-23)33-30(36)24-10-15-29-27(18-24)28(31(37)34-29)19-32-25-11-6-22(7-12-25)20-35-16-4-3-5-17-35/h6-15,18-19,21,28H,3-5,16-17,20H2,1-2H3,(H,33,36)(H,34,37)/t21-,28?/m1/s1. The van der Waals surface area contributed by atoms with Crippen LogP contribution in [0.4, 0.5) is 11.4 Å². The molecule has 0 radical (unpaired) electrons. The largest absolute Gasteiger partial charge is 0.497 e. The Bertz CT molecular complexity index is 1310. The number of fused-ring (bicyclic) bond motifs is 1. The number of carbonyl (C=O) groups excluding carboxylic acids is 2. The molecule has 2 N–H and O–H groups in total. The Balaban J connectivity index is 1.25. The summed E-state index contributed by atoms with van der Waals surface area (Å²) in [5.74, 6) is -0.126. The summed E-state index contributed by atoms with van der Waals surface area (Å²) in [5.41, 5.74) is 5.02. The van der Waals surface area contributed by atoms with Crippen LogP contribution in [-0.4, -0.2) is 43.1 Å². The zero-order chi connectivity index (χ0) is 26.5. The Morgan fingerprint density at radius 2 is 1.82 bits per heavy atom. The Morgan fingerprint density at radius 1 is 1.08 bits per heavy atom.